The zero-order valence-electron chi connectivity index (χ0n) is 10.1. The van der Waals surface area contributed by atoms with Crippen molar-refractivity contribution >= 4 is 46.0 Å². The van der Waals surface area contributed by atoms with Gasteiger partial charge in [0.1, 0.15) is 0 Å². The fourth-order valence-corrected chi connectivity index (χ4v) is 3.00. The Bertz CT molecular complexity index is 752. The third-order valence-electron chi connectivity index (χ3n) is 2.72. The Kier molecular flexibility index (Phi) is 3.44. The summed E-state index contributed by atoms with van der Waals surface area (Å²) in [4.78, 5) is 8.83. The van der Waals surface area contributed by atoms with Crippen LogP contribution >= 0.6 is 35.0 Å². The Balaban J connectivity index is 1.94. The van der Waals surface area contributed by atoms with E-state index in [0.717, 1.165) is 21.1 Å². The van der Waals surface area contributed by atoms with Gasteiger partial charge in [0, 0.05) is 4.90 Å². The van der Waals surface area contributed by atoms with Crippen molar-refractivity contribution in [3.05, 3.63) is 52.0 Å². The Hall–Kier alpha value is -1.16. The average molecular weight is 309 g/mol. The molecule has 3 rings (SSSR count). The highest BCUT2D eigenvalue weighted by Crippen LogP contribution is 2.32. The fourth-order valence-electron chi connectivity index (χ4n) is 1.80. The number of fused-ring (bicyclic) bond motifs is 1. The summed E-state index contributed by atoms with van der Waals surface area (Å²) >= 11 is 13.4. The number of halogens is 2. The Morgan fingerprint density at radius 3 is 2.68 bits per heavy atom. The van der Waals surface area contributed by atoms with Crippen molar-refractivity contribution in [2.24, 2.45) is 0 Å². The van der Waals surface area contributed by atoms with Crippen molar-refractivity contribution < 1.29 is 0 Å². The third kappa shape index (κ3) is 2.73. The van der Waals surface area contributed by atoms with E-state index in [2.05, 4.69) is 29.0 Å². The van der Waals surface area contributed by atoms with Gasteiger partial charge >= 0.3 is 0 Å². The van der Waals surface area contributed by atoms with E-state index in [9.17, 15) is 0 Å². The number of benzene rings is 2. The lowest BCUT2D eigenvalue weighted by molar-refractivity contribution is 1.08. The van der Waals surface area contributed by atoms with Crippen LogP contribution < -0.4 is 0 Å². The number of hydrogen-bond acceptors (Lipinski definition) is 2. The molecule has 0 fully saturated rings. The number of hydrogen-bond donors (Lipinski definition) is 1. The lowest BCUT2D eigenvalue weighted by Crippen LogP contribution is -1.76. The van der Waals surface area contributed by atoms with Gasteiger partial charge in [-0.15, -0.1) is 0 Å². The first-order chi connectivity index (χ1) is 9.11. The molecule has 1 aromatic heterocycles. The van der Waals surface area contributed by atoms with E-state index in [4.69, 9.17) is 23.2 Å². The van der Waals surface area contributed by atoms with Crippen molar-refractivity contribution in [2.45, 2.75) is 17.0 Å². The number of aryl methyl sites for hydroxylation is 1. The second kappa shape index (κ2) is 5.08. The molecule has 0 atom stereocenters. The van der Waals surface area contributed by atoms with E-state index in [0.29, 0.717) is 10.0 Å². The van der Waals surface area contributed by atoms with Gasteiger partial charge in [0.15, 0.2) is 5.16 Å². The van der Waals surface area contributed by atoms with Gasteiger partial charge in [-0.3, -0.25) is 0 Å². The van der Waals surface area contributed by atoms with Gasteiger partial charge in [0.2, 0.25) is 0 Å². The minimum absolute atomic E-state index is 0.554. The van der Waals surface area contributed by atoms with Crippen LogP contribution in [0.1, 0.15) is 5.56 Å². The molecule has 0 radical (unpaired) electrons. The molecule has 0 saturated carbocycles. The van der Waals surface area contributed by atoms with Crippen LogP contribution in [0.2, 0.25) is 10.0 Å². The van der Waals surface area contributed by atoms with Gasteiger partial charge in [0.25, 0.3) is 0 Å². The number of nitrogens with zero attached hydrogens (tertiary/aromatic N) is 1. The molecule has 1 heterocycles. The molecule has 0 bridgehead atoms. The zero-order chi connectivity index (χ0) is 13.4. The molecular weight excluding hydrogens is 299 g/mol. The second-order valence-electron chi connectivity index (χ2n) is 4.24. The molecular formula is C14H10Cl2N2S. The van der Waals surface area contributed by atoms with Crippen LogP contribution in [0.3, 0.4) is 0 Å². The standard InChI is InChI=1S/C14H10Cl2N2S/c1-8-2-5-12-13(6-8)18-14(17-12)19-9-3-4-10(15)11(16)7-9/h2-7H,1H3,(H,17,18). The molecule has 3 aromatic rings. The Labute approximate surface area is 125 Å². The summed E-state index contributed by atoms with van der Waals surface area (Å²) in [5.41, 5.74) is 3.22. The largest absolute Gasteiger partial charge is 0.333 e. The topological polar surface area (TPSA) is 28.7 Å². The highest BCUT2D eigenvalue weighted by atomic mass is 35.5. The quantitative estimate of drug-likeness (QED) is 0.693. The molecule has 0 aliphatic carbocycles. The predicted octanol–water partition coefficient (Wildman–Crippen LogP) is 5.33. The van der Waals surface area contributed by atoms with Crippen molar-refractivity contribution in [1.82, 2.24) is 9.97 Å². The number of imidazole rings is 1. The minimum atomic E-state index is 0.554. The third-order valence-corrected chi connectivity index (χ3v) is 4.34. The molecule has 19 heavy (non-hydrogen) atoms. The number of H-pyrrole nitrogens is 1. The van der Waals surface area contributed by atoms with Crippen LogP contribution in [0.4, 0.5) is 0 Å². The minimum Gasteiger partial charge on any atom is -0.333 e. The van der Waals surface area contributed by atoms with Crippen LogP contribution in [-0.2, 0) is 0 Å². The van der Waals surface area contributed by atoms with Crippen molar-refractivity contribution in [3.63, 3.8) is 0 Å². The maximum atomic E-state index is 6.00. The van der Waals surface area contributed by atoms with E-state index < -0.39 is 0 Å². The van der Waals surface area contributed by atoms with Gasteiger partial charge < -0.3 is 4.98 Å². The smallest absolute Gasteiger partial charge is 0.171 e. The van der Waals surface area contributed by atoms with Crippen LogP contribution in [0.5, 0.6) is 0 Å². The molecule has 5 heteroatoms. The summed E-state index contributed by atoms with van der Waals surface area (Å²) in [6.45, 7) is 2.06. The monoisotopic (exact) mass is 308 g/mol. The molecule has 1 N–H and O–H groups in total. The van der Waals surface area contributed by atoms with Crippen LogP contribution in [0.25, 0.3) is 11.0 Å². The van der Waals surface area contributed by atoms with E-state index in [1.165, 1.54) is 17.3 Å². The molecule has 0 aliphatic rings. The Morgan fingerprint density at radius 1 is 1.05 bits per heavy atom. The number of aromatic nitrogens is 2. The summed E-state index contributed by atoms with van der Waals surface area (Å²) in [7, 11) is 0. The second-order valence-corrected chi connectivity index (χ2v) is 6.12. The summed E-state index contributed by atoms with van der Waals surface area (Å²) in [5, 5.41) is 1.96. The zero-order valence-corrected chi connectivity index (χ0v) is 12.4. The number of aromatic amines is 1. The molecule has 0 aliphatic heterocycles. The predicted molar refractivity (Wildman–Crippen MR) is 81.4 cm³/mol. The Morgan fingerprint density at radius 2 is 1.89 bits per heavy atom. The van der Waals surface area contributed by atoms with E-state index in [1.807, 2.05) is 18.2 Å². The van der Waals surface area contributed by atoms with Gasteiger partial charge in [-0.25, -0.2) is 4.98 Å². The van der Waals surface area contributed by atoms with E-state index >= 15 is 0 Å². The van der Waals surface area contributed by atoms with Gasteiger partial charge in [0.05, 0.1) is 21.1 Å². The fraction of sp³-hybridized carbons (Fsp3) is 0.0714. The molecule has 96 valence electrons. The maximum Gasteiger partial charge on any atom is 0.171 e. The molecule has 0 unspecified atom stereocenters. The molecule has 0 spiro atoms. The molecule has 0 amide bonds. The normalized spacial score (nSPS) is 11.1. The lowest BCUT2D eigenvalue weighted by Gasteiger charge is -2.00. The number of nitrogens with one attached hydrogen (secondary N) is 1. The lowest BCUT2D eigenvalue weighted by atomic mass is 10.2. The first kappa shape index (κ1) is 12.9. The summed E-state index contributed by atoms with van der Waals surface area (Å²) < 4.78 is 0. The highest BCUT2D eigenvalue weighted by molar-refractivity contribution is 7.99. The number of rotatable bonds is 2. The first-order valence-electron chi connectivity index (χ1n) is 5.71. The summed E-state index contributed by atoms with van der Waals surface area (Å²) in [6, 6.07) is 11.7. The van der Waals surface area contributed by atoms with Crippen LogP contribution in [0.15, 0.2) is 46.5 Å². The van der Waals surface area contributed by atoms with Crippen molar-refractivity contribution in [2.75, 3.05) is 0 Å². The van der Waals surface area contributed by atoms with Gasteiger partial charge in [-0.1, -0.05) is 41.0 Å². The molecule has 0 saturated heterocycles. The van der Waals surface area contributed by atoms with Crippen molar-refractivity contribution in [3.8, 4) is 0 Å². The maximum absolute atomic E-state index is 6.00. The summed E-state index contributed by atoms with van der Waals surface area (Å²) in [5.74, 6) is 0. The average Bonchev–Trinajstić information content (AvgIpc) is 2.75. The SMILES string of the molecule is Cc1ccc2nc(Sc3ccc(Cl)c(Cl)c3)[nH]c2c1. The highest BCUT2D eigenvalue weighted by Gasteiger charge is 2.06. The van der Waals surface area contributed by atoms with E-state index in [-0.39, 0.29) is 0 Å². The molecule has 2 nitrogen and oxygen atoms in total. The van der Waals surface area contributed by atoms with Crippen molar-refractivity contribution in [1.29, 1.82) is 0 Å². The van der Waals surface area contributed by atoms with Crippen LogP contribution in [0, 0.1) is 6.92 Å². The first-order valence-corrected chi connectivity index (χ1v) is 7.28. The van der Waals surface area contributed by atoms with Crippen LogP contribution in [-0.4, -0.2) is 9.97 Å². The summed E-state index contributed by atoms with van der Waals surface area (Å²) in [6.07, 6.45) is 0. The van der Waals surface area contributed by atoms with Gasteiger partial charge in [-0.2, -0.15) is 0 Å². The molecule has 2 aromatic carbocycles. The van der Waals surface area contributed by atoms with Gasteiger partial charge in [-0.05, 0) is 42.8 Å². The van der Waals surface area contributed by atoms with E-state index in [1.54, 1.807) is 6.07 Å².